The maximum Gasteiger partial charge on any atom is 0.331 e. The van der Waals surface area contributed by atoms with Crippen LogP contribution in [0.4, 0.5) is 0 Å². The van der Waals surface area contributed by atoms with E-state index in [-0.39, 0.29) is 17.1 Å². The van der Waals surface area contributed by atoms with E-state index in [9.17, 15) is 14.7 Å². The highest BCUT2D eigenvalue weighted by Crippen LogP contribution is 2.66. The van der Waals surface area contributed by atoms with Crippen LogP contribution >= 0.6 is 0 Å². The van der Waals surface area contributed by atoms with Crippen molar-refractivity contribution in [3.63, 3.8) is 0 Å². The predicted octanol–water partition coefficient (Wildman–Crippen LogP) is 4.86. The van der Waals surface area contributed by atoms with Crippen LogP contribution in [-0.2, 0) is 19.2 Å². The van der Waals surface area contributed by atoms with Gasteiger partial charge in [0.2, 0.25) is 0 Å². The van der Waals surface area contributed by atoms with Gasteiger partial charge in [0.1, 0.15) is 0 Å². The van der Waals surface area contributed by atoms with Gasteiger partial charge in [-0.1, -0.05) is 41.9 Å². The first-order valence-electron chi connectivity index (χ1n) is 12.7. The molecule has 4 aliphatic carbocycles. The predicted molar refractivity (Wildman–Crippen MR) is 133 cm³/mol. The molecule has 5 rings (SSSR count). The molecule has 1 aromatic rings. The van der Waals surface area contributed by atoms with Crippen LogP contribution in [0.2, 0.25) is 0 Å². The normalized spacial score (nSPS) is 34.3. The smallest absolute Gasteiger partial charge is 0.331 e. The zero-order chi connectivity index (χ0) is 24.8. The molecule has 0 bridgehead atoms. The van der Waals surface area contributed by atoms with Crippen molar-refractivity contribution in [1.82, 2.24) is 0 Å². The average Bonchev–Trinajstić information content (AvgIpc) is 3.09. The second-order valence-electron chi connectivity index (χ2n) is 11.0. The summed E-state index contributed by atoms with van der Waals surface area (Å²) in [5.74, 6) is 0.793. The van der Waals surface area contributed by atoms with Crippen LogP contribution in [-0.4, -0.2) is 42.4 Å². The highest BCUT2D eigenvalue weighted by Gasteiger charge is 2.62. The number of carbonyl (C=O) groups excluding carboxylic acids is 2. The summed E-state index contributed by atoms with van der Waals surface area (Å²) in [6.07, 6.45) is 9.44. The van der Waals surface area contributed by atoms with E-state index >= 15 is 0 Å². The molecule has 0 spiro atoms. The minimum absolute atomic E-state index is 0.175. The Morgan fingerprint density at radius 1 is 1.20 bits per heavy atom. The van der Waals surface area contributed by atoms with E-state index in [0.29, 0.717) is 24.9 Å². The zero-order valence-corrected chi connectivity index (χ0v) is 20.9. The number of allylic oxidation sites excluding steroid dienone is 4. The van der Waals surface area contributed by atoms with Crippen LogP contribution in [0, 0.1) is 17.3 Å². The molecule has 6 nitrogen and oxygen atoms in total. The number of aliphatic hydroxyl groups is 1. The fourth-order valence-corrected chi connectivity index (χ4v) is 7.51. The van der Waals surface area contributed by atoms with E-state index in [2.05, 4.69) is 29.0 Å². The van der Waals surface area contributed by atoms with Crippen molar-refractivity contribution < 1.29 is 24.3 Å². The number of ketones is 1. The van der Waals surface area contributed by atoms with E-state index in [1.54, 1.807) is 7.11 Å². The molecule has 4 aliphatic rings. The zero-order valence-electron chi connectivity index (χ0n) is 20.9. The summed E-state index contributed by atoms with van der Waals surface area (Å²) in [5.41, 5.74) is 5.12. The third-order valence-electron chi connectivity index (χ3n) is 9.16. The van der Waals surface area contributed by atoms with E-state index in [1.165, 1.54) is 35.4 Å². The quantitative estimate of drug-likeness (QED) is 0.372. The molecule has 0 amide bonds. The van der Waals surface area contributed by atoms with Gasteiger partial charge in [0, 0.05) is 31.8 Å². The van der Waals surface area contributed by atoms with Gasteiger partial charge < -0.3 is 14.7 Å². The maximum atomic E-state index is 12.2. The number of oxime groups is 1. The van der Waals surface area contributed by atoms with Crippen LogP contribution in [0.15, 0.2) is 52.2 Å². The Hall–Kier alpha value is -2.57. The standard InChI is InChI=1S/C29H35NO5/c1-18(31)35-30-16-19-4-6-20(7-5-19)25-15-28(2)26(12-13-29(28,33)17-34-3)24-10-8-21-14-22(32)9-11-23(21)27(24)25/h4-7,14,16,24-26,33H,8-13,15,17H2,1-3H3/b30-16+/t24-,25+,26-,28-,29+/m0/s1. The number of fused-ring (bicyclic) bond motifs is 4. The molecular formula is C29H35NO5. The number of hydrogen-bond donors (Lipinski definition) is 1. The summed E-state index contributed by atoms with van der Waals surface area (Å²) < 4.78 is 5.53. The first-order chi connectivity index (χ1) is 16.8. The summed E-state index contributed by atoms with van der Waals surface area (Å²) in [6, 6.07) is 8.25. The van der Waals surface area contributed by atoms with Gasteiger partial charge in [-0.3, -0.25) is 4.79 Å². The highest BCUT2D eigenvalue weighted by molar-refractivity contribution is 5.93. The van der Waals surface area contributed by atoms with Gasteiger partial charge >= 0.3 is 5.97 Å². The minimum Gasteiger partial charge on any atom is -0.387 e. The topological polar surface area (TPSA) is 85.2 Å². The Morgan fingerprint density at radius 3 is 2.69 bits per heavy atom. The summed E-state index contributed by atoms with van der Waals surface area (Å²) in [4.78, 5) is 27.9. The number of nitrogens with zero attached hydrogens (tertiary/aromatic N) is 1. The second-order valence-corrected chi connectivity index (χ2v) is 11.0. The van der Waals surface area contributed by atoms with E-state index in [4.69, 9.17) is 4.74 Å². The molecule has 1 N–H and O–H groups in total. The summed E-state index contributed by atoms with van der Waals surface area (Å²) in [6.45, 7) is 3.95. The molecule has 0 saturated heterocycles. The Labute approximate surface area is 207 Å². The van der Waals surface area contributed by atoms with Gasteiger partial charge in [0.15, 0.2) is 5.78 Å². The van der Waals surface area contributed by atoms with Crippen LogP contribution in [0.3, 0.4) is 0 Å². The SMILES string of the molecule is COC[C@]1(O)CC[C@H]2[C@@H]3CCC4=CC(=O)CCC4=C3[C@@H](c3ccc(/C=N/OC(C)=O)cc3)C[C@@]21C. The van der Waals surface area contributed by atoms with Gasteiger partial charge in [0.05, 0.1) is 18.4 Å². The van der Waals surface area contributed by atoms with Crippen LogP contribution in [0.25, 0.3) is 0 Å². The molecule has 5 atom stereocenters. The lowest BCUT2D eigenvalue weighted by Gasteiger charge is -2.54. The third-order valence-corrected chi connectivity index (χ3v) is 9.16. The molecule has 0 aliphatic heterocycles. The third kappa shape index (κ3) is 4.11. The van der Waals surface area contributed by atoms with Gasteiger partial charge in [0.25, 0.3) is 0 Å². The number of hydrogen-bond acceptors (Lipinski definition) is 6. The van der Waals surface area contributed by atoms with Crippen molar-refractivity contribution in [1.29, 1.82) is 0 Å². The van der Waals surface area contributed by atoms with Crippen molar-refractivity contribution in [2.24, 2.45) is 22.4 Å². The van der Waals surface area contributed by atoms with Gasteiger partial charge in [-0.05, 0) is 78.7 Å². The van der Waals surface area contributed by atoms with Gasteiger partial charge in [-0.2, -0.15) is 0 Å². The molecular weight excluding hydrogens is 442 g/mol. The largest absolute Gasteiger partial charge is 0.387 e. The second kappa shape index (κ2) is 9.14. The van der Waals surface area contributed by atoms with Crippen molar-refractivity contribution in [2.45, 2.75) is 70.3 Å². The lowest BCUT2D eigenvalue weighted by molar-refractivity contribution is -0.140. The Balaban J connectivity index is 1.57. The van der Waals surface area contributed by atoms with E-state index < -0.39 is 11.6 Å². The maximum absolute atomic E-state index is 12.2. The van der Waals surface area contributed by atoms with E-state index in [0.717, 1.165) is 44.1 Å². The lowest BCUT2D eigenvalue weighted by atomic mass is 9.51. The van der Waals surface area contributed by atoms with Crippen LogP contribution < -0.4 is 0 Å². The van der Waals surface area contributed by atoms with E-state index in [1.807, 2.05) is 18.2 Å². The first kappa shape index (κ1) is 24.1. The Kier molecular flexibility index (Phi) is 6.30. The number of ether oxygens (including phenoxy) is 1. The van der Waals surface area contributed by atoms with Crippen molar-refractivity contribution in [2.75, 3.05) is 13.7 Å². The average molecular weight is 478 g/mol. The molecule has 186 valence electrons. The molecule has 2 saturated carbocycles. The van der Waals surface area contributed by atoms with Crippen LogP contribution in [0.5, 0.6) is 0 Å². The number of benzene rings is 1. The molecule has 2 fully saturated rings. The minimum atomic E-state index is -0.837. The molecule has 0 radical (unpaired) electrons. The number of rotatable bonds is 5. The molecule has 0 heterocycles. The fraction of sp³-hybridized carbons (Fsp3) is 0.552. The van der Waals surface area contributed by atoms with Gasteiger partial charge in [-0.25, -0.2) is 4.79 Å². The molecule has 0 unspecified atom stereocenters. The Morgan fingerprint density at radius 2 is 1.97 bits per heavy atom. The molecule has 0 aromatic heterocycles. The monoisotopic (exact) mass is 477 g/mol. The lowest BCUT2D eigenvalue weighted by Crippen LogP contribution is -2.53. The van der Waals surface area contributed by atoms with Crippen molar-refractivity contribution >= 4 is 18.0 Å². The fourth-order valence-electron chi connectivity index (χ4n) is 7.51. The number of methoxy groups -OCH3 is 1. The molecule has 1 aromatic carbocycles. The Bertz CT molecular complexity index is 1120. The van der Waals surface area contributed by atoms with Gasteiger partial charge in [-0.15, -0.1) is 0 Å². The first-order valence-corrected chi connectivity index (χ1v) is 12.7. The van der Waals surface area contributed by atoms with Crippen molar-refractivity contribution in [3.05, 3.63) is 58.2 Å². The summed E-state index contributed by atoms with van der Waals surface area (Å²) >= 11 is 0. The molecule has 6 heteroatoms. The summed E-state index contributed by atoms with van der Waals surface area (Å²) in [7, 11) is 1.68. The number of carbonyl (C=O) groups is 2. The summed E-state index contributed by atoms with van der Waals surface area (Å²) in [5, 5.41) is 15.5. The highest BCUT2D eigenvalue weighted by atomic mass is 16.7. The van der Waals surface area contributed by atoms with Crippen LogP contribution in [0.1, 0.15) is 75.8 Å². The molecule has 35 heavy (non-hydrogen) atoms. The van der Waals surface area contributed by atoms with Crippen molar-refractivity contribution in [3.8, 4) is 0 Å².